The smallest absolute Gasteiger partial charge is 0.380 e. The molecule has 0 N–H and O–H groups in total. The van der Waals surface area contributed by atoms with Gasteiger partial charge in [0.05, 0.1) is 46.4 Å². The summed E-state index contributed by atoms with van der Waals surface area (Å²) in [5.74, 6) is 2.85. The first-order valence-electron chi connectivity index (χ1n) is 42.3. The fourth-order valence-electron chi connectivity index (χ4n) is 16.7. The van der Waals surface area contributed by atoms with Gasteiger partial charge in [0.25, 0.3) is 11.4 Å². The predicted octanol–water partition coefficient (Wildman–Crippen LogP) is 24.3. The van der Waals surface area contributed by atoms with Gasteiger partial charge >= 0.3 is 12.3 Å². The number of para-hydroxylation sites is 3. The lowest BCUT2D eigenvalue weighted by Gasteiger charge is -2.46. The van der Waals surface area contributed by atoms with Crippen molar-refractivity contribution in [2.24, 2.45) is 42.3 Å². The van der Waals surface area contributed by atoms with Crippen LogP contribution in [0.3, 0.4) is 0 Å². The largest absolute Gasteiger partial charge is 0.412 e. The van der Waals surface area contributed by atoms with Gasteiger partial charge in [0, 0.05) is 33.1 Å². The maximum absolute atomic E-state index is 5.75. The zero-order valence-electron chi connectivity index (χ0n) is 75.3. The summed E-state index contributed by atoms with van der Waals surface area (Å²) in [5, 5.41) is 2.18. The lowest BCUT2D eigenvalue weighted by molar-refractivity contribution is -0.745. The third-order valence-corrected chi connectivity index (χ3v) is 25.0. The van der Waals surface area contributed by atoms with Gasteiger partial charge in [-0.2, -0.15) is 13.7 Å². The Balaban J connectivity index is 0.000000134. The summed E-state index contributed by atoms with van der Waals surface area (Å²) in [7, 11) is 12.5. The number of aromatic nitrogens is 9. The summed E-state index contributed by atoms with van der Waals surface area (Å²) in [6.45, 7) is 40.7. The molecule has 0 bridgehead atoms. The van der Waals surface area contributed by atoms with E-state index >= 15 is 0 Å². The highest BCUT2D eigenvalue weighted by atomic mass is 32.1. The molecule has 16 aromatic rings. The maximum atomic E-state index is 5.75. The van der Waals surface area contributed by atoms with E-state index in [1.54, 1.807) is 24.0 Å². The standard InChI is InChI=1S/C23H27N2.2C23H29N2.C17H16NO.C11H12NO.C11H12NS/c1-16-11-10-14-19-20(16)25-21(23(4,5)22(19,2)3)18(15-24(25)6)17-12-8-7-9-13-17;1-16(2)20-11-9-12-21(17(3)4)23(20)19-14-24(6)25(15-19)22-13-8-7-10-18(22)5;1-16(2)19-12-9-13-20(17(3)4)23(19)25-14-22(24(6)15-25)21-11-8-7-10-18(21)5;1-13-8-6-7-11-15(13)16-12-19-17(18(16)2)14-9-4-3-5-10-14;2*1-9-5-3-4-6-10(9)11-7-13-8-12(11)2/h7-15H,1-6H3;2*7-17H,1-6H3;3-12H,1-2H3;2*3-8H,1-2H3/q6*+1. The summed E-state index contributed by atoms with van der Waals surface area (Å²) in [4.78, 5) is 0. The molecule has 17 rings (SSSR count). The molecular weight excluding hydrogens is 1490 g/mol. The number of hydrogen-bond donors (Lipinski definition) is 0. The van der Waals surface area contributed by atoms with Crippen molar-refractivity contribution in [2.45, 2.75) is 159 Å². The van der Waals surface area contributed by atoms with Crippen LogP contribution in [0.5, 0.6) is 0 Å². The van der Waals surface area contributed by atoms with Gasteiger partial charge in [0.15, 0.2) is 32.3 Å². The van der Waals surface area contributed by atoms with Gasteiger partial charge in [-0.05, 0) is 163 Å². The Morgan fingerprint density at radius 2 is 0.867 bits per heavy atom. The van der Waals surface area contributed by atoms with Gasteiger partial charge in [0.1, 0.15) is 50.1 Å². The maximum Gasteiger partial charge on any atom is 0.380 e. The lowest BCUT2D eigenvalue weighted by Crippen LogP contribution is -2.51. The summed E-state index contributed by atoms with van der Waals surface area (Å²) in [6.07, 6.45) is 16.6. The molecule has 6 aromatic heterocycles. The molecule has 12 heteroatoms. The Hall–Kier alpha value is -12.1. The Bertz CT molecular complexity index is 5880. The average Bonchev–Trinajstić information content (AvgIpc) is 1.46. The number of imidazole rings is 1. The second kappa shape index (κ2) is 37.9. The highest BCUT2D eigenvalue weighted by Crippen LogP contribution is 2.53. The number of oxazole rings is 2. The number of rotatable bonds is 13. The number of fused-ring (bicyclic) bond motifs is 3. The van der Waals surface area contributed by atoms with Crippen molar-refractivity contribution < 1.29 is 36.5 Å². The van der Waals surface area contributed by atoms with Crippen molar-refractivity contribution in [3.63, 3.8) is 0 Å². The summed E-state index contributed by atoms with van der Waals surface area (Å²) in [6, 6.07) is 83.3. The van der Waals surface area contributed by atoms with E-state index in [2.05, 4.69) is 438 Å². The molecular formula is C108H125N9O2S+6. The second-order valence-corrected chi connectivity index (χ2v) is 35.2. The van der Waals surface area contributed by atoms with Crippen LogP contribution >= 0.6 is 11.3 Å². The molecule has 7 heterocycles. The summed E-state index contributed by atoms with van der Waals surface area (Å²) < 4.78 is 30.7. The van der Waals surface area contributed by atoms with Crippen LogP contribution in [0.15, 0.2) is 306 Å². The van der Waals surface area contributed by atoms with E-state index in [0.29, 0.717) is 23.7 Å². The van der Waals surface area contributed by atoms with Crippen LogP contribution < -0.4 is 27.6 Å². The first kappa shape index (κ1) is 87.2. The highest BCUT2D eigenvalue weighted by Gasteiger charge is 2.51. The second-order valence-electron chi connectivity index (χ2n) is 34.5. The third kappa shape index (κ3) is 18.5. The van der Waals surface area contributed by atoms with Gasteiger partial charge in [0.2, 0.25) is 29.9 Å². The fourth-order valence-corrected chi connectivity index (χ4v) is 17.5. The van der Waals surface area contributed by atoms with Crippen molar-refractivity contribution in [3.8, 4) is 95.8 Å². The first-order chi connectivity index (χ1) is 57.4. The molecule has 0 atom stereocenters. The van der Waals surface area contributed by atoms with Gasteiger partial charge < -0.3 is 8.83 Å². The molecule has 0 saturated carbocycles. The summed E-state index contributed by atoms with van der Waals surface area (Å²) in [5.41, 5.74) is 38.5. The zero-order chi connectivity index (χ0) is 86.0. The molecule has 0 spiro atoms. The minimum Gasteiger partial charge on any atom is -0.412 e. The van der Waals surface area contributed by atoms with Crippen LogP contribution in [0.25, 0.3) is 95.8 Å². The molecule has 0 aliphatic carbocycles. The molecule has 0 unspecified atom stereocenters. The quantitative estimate of drug-likeness (QED) is 0.108. The minimum absolute atomic E-state index is 0.000226. The van der Waals surface area contributed by atoms with Gasteiger partial charge in [-0.1, -0.05) is 295 Å². The highest BCUT2D eigenvalue weighted by molar-refractivity contribution is 7.07. The normalized spacial score (nSPS) is 12.3. The number of nitrogens with zero attached hydrogens (tertiary/aromatic N) is 9. The van der Waals surface area contributed by atoms with E-state index in [1.807, 2.05) is 55.3 Å². The number of benzene rings is 10. The van der Waals surface area contributed by atoms with Crippen LogP contribution in [-0.2, 0) is 53.1 Å². The predicted molar refractivity (Wildman–Crippen MR) is 495 cm³/mol. The summed E-state index contributed by atoms with van der Waals surface area (Å²) >= 11 is 1.73. The van der Waals surface area contributed by atoms with Crippen molar-refractivity contribution in [2.75, 3.05) is 0 Å². The van der Waals surface area contributed by atoms with Crippen LogP contribution in [0.1, 0.15) is 174 Å². The minimum atomic E-state index is 0.000226. The van der Waals surface area contributed by atoms with Crippen molar-refractivity contribution in [1.29, 1.82) is 0 Å². The Kier molecular flexibility index (Phi) is 27.5. The SMILES string of the molecule is Cc1cccc2c1-n1c(c(-c3ccccc3)c[n+]1C)C(C)(C)C2(C)C.Cc1ccccc1-c1c[n+](-c2c(C(C)C)cccc2C(C)C)cn1C.Cc1ccccc1-c1coc(-c2ccccc2)[n+]1C.Cc1ccccc1-c1coc[n+]1C.Cc1ccccc1-c1csc[n+]1C.Cc1ccccc1-n1cc(-c2c(C(C)C)cccc2C(C)C)c[n+]1C. The molecule has 120 heavy (non-hydrogen) atoms. The van der Waals surface area contributed by atoms with Crippen LogP contribution in [-0.4, -0.2) is 13.9 Å². The number of aryl methyl sites for hydroxylation is 11. The molecule has 10 aromatic carbocycles. The molecule has 0 saturated heterocycles. The van der Waals surface area contributed by atoms with E-state index < -0.39 is 0 Å². The van der Waals surface area contributed by atoms with Crippen molar-refractivity contribution >= 4 is 11.3 Å². The molecule has 1 aliphatic heterocycles. The van der Waals surface area contributed by atoms with E-state index in [-0.39, 0.29) is 10.8 Å². The topological polar surface area (TPSA) is 64.4 Å². The van der Waals surface area contributed by atoms with E-state index in [4.69, 9.17) is 8.83 Å². The third-order valence-electron chi connectivity index (χ3n) is 24.2. The van der Waals surface area contributed by atoms with Crippen LogP contribution in [0.2, 0.25) is 0 Å². The van der Waals surface area contributed by atoms with Gasteiger partial charge in [-0.25, -0.2) is 9.13 Å². The molecule has 0 radical (unpaired) electrons. The van der Waals surface area contributed by atoms with E-state index in [9.17, 15) is 0 Å². The van der Waals surface area contributed by atoms with Crippen molar-refractivity contribution in [1.82, 2.24) is 13.9 Å². The average molecular weight is 1610 g/mol. The lowest BCUT2D eigenvalue weighted by atomic mass is 9.59. The van der Waals surface area contributed by atoms with E-state index in [0.717, 1.165) is 22.8 Å². The molecule has 0 amide bonds. The van der Waals surface area contributed by atoms with Crippen LogP contribution in [0, 0.1) is 41.5 Å². The Labute approximate surface area is 718 Å². The molecule has 1 aliphatic rings. The first-order valence-corrected chi connectivity index (χ1v) is 43.2. The van der Waals surface area contributed by atoms with Gasteiger partial charge in [-0.15, -0.1) is 18.7 Å². The molecule has 0 fully saturated rings. The van der Waals surface area contributed by atoms with Crippen molar-refractivity contribution in [3.05, 3.63) is 364 Å². The van der Waals surface area contributed by atoms with Gasteiger partial charge in [-0.3, -0.25) is 0 Å². The number of thiazole rings is 1. The zero-order valence-corrected chi connectivity index (χ0v) is 76.2. The van der Waals surface area contributed by atoms with Crippen LogP contribution in [0.4, 0.5) is 0 Å². The Morgan fingerprint density at radius 3 is 1.37 bits per heavy atom. The Morgan fingerprint density at radius 1 is 0.400 bits per heavy atom. The number of hydrogen-bond acceptors (Lipinski definition) is 3. The fraction of sp³-hybridized carbons (Fsp3) is 0.278. The van der Waals surface area contributed by atoms with E-state index in [1.165, 1.54) is 140 Å². The monoisotopic (exact) mass is 1610 g/mol. The molecule has 614 valence electrons. The molecule has 11 nitrogen and oxygen atoms in total.